The van der Waals surface area contributed by atoms with Crippen LogP contribution in [0.2, 0.25) is 5.02 Å². The van der Waals surface area contributed by atoms with Gasteiger partial charge in [-0.1, -0.05) is 48.7 Å². The normalized spacial score (nSPS) is 19.1. The highest BCUT2D eigenvalue weighted by Crippen LogP contribution is 2.27. The number of benzene rings is 2. The van der Waals surface area contributed by atoms with E-state index in [2.05, 4.69) is 10.3 Å². The molecule has 1 aliphatic carbocycles. The smallest absolute Gasteiger partial charge is 0.271 e. The Balaban J connectivity index is 1.72. The number of nitrogens with one attached hydrogen (secondary N) is 1. The molecule has 0 spiro atoms. The molecule has 5 nitrogen and oxygen atoms in total. The van der Waals surface area contributed by atoms with E-state index in [1.165, 1.54) is 0 Å². The van der Waals surface area contributed by atoms with Crippen molar-refractivity contribution >= 4 is 17.5 Å². The molecule has 29 heavy (non-hydrogen) atoms. The van der Waals surface area contributed by atoms with Gasteiger partial charge in [0, 0.05) is 22.5 Å². The molecule has 4 rings (SSSR count). The van der Waals surface area contributed by atoms with Gasteiger partial charge in [0.15, 0.2) is 0 Å². The van der Waals surface area contributed by atoms with Gasteiger partial charge in [-0.25, -0.2) is 4.98 Å². The molecule has 2 atom stereocenters. The van der Waals surface area contributed by atoms with Crippen molar-refractivity contribution in [2.75, 3.05) is 0 Å². The number of aliphatic hydroxyl groups is 1. The number of nitrogens with zero attached hydrogens (tertiary/aromatic N) is 2. The van der Waals surface area contributed by atoms with Gasteiger partial charge < -0.3 is 10.4 Å². The Morgan fingerprint density at radius 1 is 1.14 bits per heavy atom. The van der Waals surface area contributed by atoms with E-state index in [1.54, 1.807) is 6.20 Å². The molecule has 1 aromatic heterocycles. The van der Waals surface area contributed by atoms with Crippen molar-refractivity contribution in [1.82, 2.24) is 14.9 Å². The van der Waals surface area contributed by atoms with Gasteiger partial charge in [-0.05, 0) is 49.6 Å². The molecule has 1 aliphatic rings. The molecule has 1 saturated carbocycles. The van der Waals surface area contributed by atoms with E-state index in [4.69, 9.17) is 11.6 Å². The number of aryl methyl sites for hydroxylation is 1. The summed E-state index contributed by atoms with van der Waals surface area (Å²) in [6.45, 7) is 2.02. The number of hydrogen-bond donors (Lipinski definition) is 2. The van der Waals surface area contributed by atoms with Crippen molar-refractivity contribution in [3.05, 3.63) is 71.0 Å². The molecule has 150 valence electrons. The van der Waals surface area contributed by atoms with Gasteiger partial charge in [-0.15, -0.1) is 0 Å². The highest BCUT2D eigenvalue weighted by molar-refractivity contribution is 6.30. The third-order valence-electron chi connectivity index (χ3n) is 5.48. The maximum Gasteiger partial charge on any atom is 0.271 e. The number of aliphatic hydroxyl groups excluding tert-OH is 1. The lowest BCUT2D eigenvalue weighted by Gasteiger charge is -2.27. The molecule has 0 unspecified atom stereocenters. The van der Waals surface area contributed by atoms with Crippen LogP contribution >= 0.6 is 11.6 Å². The fourth-order valence-electron chi connectivity index (χ4n) is 3.82. The molecular formula is C23H24ClN3O2. The Kier molecular flexibility index (Phi) is 5.69. The lowest BCUT2D eigenvalue weighted by molar-refractivity contribution is 0.0714. The first-order chi connectivity index (χ1) is 14.0. The number of carbonyl (C=O) groups is 1. The van der Waals surface area contributed by atoms with Crippen molar-refractivity contribution in [3.8, 4) is 17.1 Å². The second-order valence-corrected chi connectivity index (χ2v) is 7.98. The standard InChI is InChI=1S/C23H24ClN3O2/c1-15-6-2-3-7-18(15)22-25-20(14-27(22)17-12-10-16(24)11-13-17)23(29)26-19-8-4-5-9-21(19)28/h2-3,6-7,10-14,19,21,28H,4-5,8-9H2,1H3,(H,26,29)/t19-,21-/m0/s1. The fourth-order valence-corrected chi connectivity index (χ4v) is 3.95. The first kappa shape index (κ1) is 19.7. The molecule has 1 amide bonds. The zero-order valence-corrected chi connectivity index (χ0v) is 17.1. The summed E-state index contributed by atoms with van der Waals surface area (Å²) in [6.07, 6.45) is 4.76. The van der Waals surface area contributed by atoms with Crippen LogP contribution in [0.25, 0.3) is 17.1 Å². The Hall–Kier alpha value is -2.63. The number of halogens is 1. The predicted molar refractivity (Wildman–Crippen MR) is 114 cm³/mol. The quantitative estimate of drug-likeness (QED) is 0.665. The van der Waals surface area contributed by atoms with E-state index >= 15 is 0 Å². The molecular weight excluding hydrogens is 386 g/mol. The maximum atomic E-state index is 12.9. The second kappa shape index (κ2) is 8.39. The number of aromatic nitrogens is 2. The number of rotatable bonds is 4. The molecule has 0 radical (unpaired) electrons. The summed E-state index contributed by atoms with van der Waals surface area (Å²) in [7, 11) is 0. The minimum Gasteiger partial charge on any atom is -0.391 e. The van der Waals surface area contributed by atoms with Crippen molar-refractivity contribution in [2.24, 2.45) is 0 Å². The van der Waals surface area contributed by atoms with Gasteiger partial charge in [-0.2, -0.15) is 0 Å². The average Bonchev–Trinajstić information content (AvgIpc) is 3.16. The van der Waals surface area contributed by atoms with Crippen LogP contribution < -0.4 is 5.32 Å². The Morgan fingerprint density at radius 3 is 2.59 bits per heavy atom. The first-order valence-corrected chi connectivity index (χ1v) is 10.3. The molecule has 0 saturated heterocycles. The zero-order valence-electron chi connectivity index (χ0n) is 16.3. The summed E-state index contributed by atoms with van der Waals surface area (Å²) in [5, 5.41) is 13.8. The molecule has 0 aliphatic heterocycles. The molecule has 2 aromatic carbocycles. The number of amides is 1. The Labute approximate surface area is 175 Å². The maximum absolute atomic E-state index is 12.9. The zero-order chi connectivity index (χ0) is 20.4. The summed E-state index contributed by atoms with van der Waals surface area (Å²) < 4.78 is 1.91. The predicted octanol–water partition coefficient (Wildman–Crippen LogP) is 4.53. The largest absolute Gasteiger partial charge is 0.391 e. The molecule has 2 N–H and O–H groups in total. The molecule has 3 aromatic rings. The lowest BCUT2D eigenvalue weighted by Crippen LogP contribution is -2.45. The summed E-state index contributed by atoms with van der Waals surface area (Å²) >= 11 is 6.05. The minimum absolute atomic E-state index is 0.223. The van der Waals surface area contributed by atoms with Crippen LogP contribution in [0.3, 0.4) is 0 Å². The highest BCUT2D eigenvalue weighted by atomic mass is 35.5. The molecule has 1 heterocycles. The lowest BCUT2D eigenvalue weighted by atomic mass is 9.92. The van der Waals surface area contributed by atoms with E-state index in [9.17, 15) is 9.90 Å². The van der Waals surface area contributed by atoms with Gasteiger partial charge in [-0.3, -0.25) is 9.36 Å². The Morgan fingerprint density at radius 2 is 1.86 bits per heavy atom. The van der Waals surface area contributed by atoms with Crippen LogP contribution in [0, 0.1) is 6.92 Å². The topological polar surface area (TPSA) is 67.2 Å². The van der Waals surface area contributed by atoms with Gasteiger partial charge in [0.25, 0.3) is 5.91 Å². The van der Waals surface area contributed by atoms with Gasteiger partial charge in [0.2, 0.25) is 0 Å². The Bertz CT molecular complexity index is 1010. The van der Waals surface area contributed by atoms with Gasteiger partial charge in [0.05, 0.1) is 12.1 Å². The summed E-state index contributed by atoms with van der Waals surface area (Å²) in [5.41, 5.74) is 3.23. The van der Waals surface area contributed by atoms with Gasteiger partial charge in [0.1, 0.15) is 11.5 Å². The summed E-state index contributed by atoms with van der Waals surface area (Å²) in [6, 6.07) is 15.2. The van der Waals surface area contributed by atoms with Crippen LogP contribution in [-0.4, -0.2) is 32.7 Å². The van der Waals surface area contributed by atoms with Crippen LogP contribution in [-0.2, 0) is 0 Å². The molecule has 0 bridgehead atoms. The van der Waals surface area contributed by atoms with E-state index in [0.717, 1.165) is 42.5 Å². The van der Waals surface area contributed by atoms with Crippen molar-refractivity contribution in [2.45, 2.75) is 44.8 Å². The molecule has 6 heteroatoms. The number of imidazole rings is 1. The highest BCUT2D eigenvalue weighted by Gasteiger charge is 2.26. The van der Waals surface area contributed by atoms with E-state index in [0.29, 0.717) is 16.5 Å². The number of hydrogen-bond acceptors (Lipinski definition) is 3. The van der Waals surface area contributed by atoms with Crippen LogP contribution in [0.4, 0.5) is 0 Å². The fraction of sp³-hybridized carbons (Fsp3) is 0.304. The van der Waals surface area contributed by atoms with Crippen molar-refractivity contribution in [3.63, 3.8) is 0 Å². The first-order valence-electron chi connectivity index (χ1n) is 9.93. The van der Waals surface area contributed by atoms with E-state index in [-0.39, 0.29) is 11.9 Å². The third-order valence-corrected chi connectivity index (χ3v) is 5.73. The molecule has 1 fully saturated rings. The number of carbonyl (C=O) groups excluding carboxylic acids is 1. The van der Waals surface area contributed by atoms with Gasteiger partial charge >= 0.3 is 0 Å². The van der Waals surface area contributed by atoms with Crippen LogP contribution in [0.1, 0.15) is 41.7 Å². The SMILES string of the molecule is Cc1ccccc1-c1nc(C(=O)N[C@H]2CCCC[C@@H]2O)cn1-c1ccc(Cl)cc1. The average molecular weight is 410 g/mol. The second-order valence-electron chi connectivity index (χ2n) is 7.54. The van der Waals surface area contributed by atoms with E-state index in [1.807, 2.05) is 60.0 Å². The minimum atomic E-state index is -0.498. The van der Waals surface area contributed by atoms with Crippen molar-refractivity contribution in [1.29, 1.82) is 0 Å². The van der Waals surface area contributed by atoms with Crippen molar-refractivity contribution < 1.29 is 9.90 Å². The summed E-state index contributed by atoms with van der Waals surface area (Å²) in [4.78, 5) is 17.6. The van der Waals surface area contributed by atoms with Crippen LogP contribution in [0.15, 0.2) is 54.7 Å². The monoisotopic (exact) mass is 409 g/mol. The van der Waals surface area contributed by atoms with Crippen LogP contribution in [0.5, 0.6) is 0 Å². The third kappa shape index (κ3) is 4.21. The van der Waals surface area contributed by atoms with E-state index < -0.39 is 6.10 Å². The summed E-state index contributed by atoms with van der Waals surface area (Å²) in [5.74, 6) is 0.429.